The van der Waals surface area contributed by atoms with Gasteiger partial charge in [0.15, 0.2) is 18.4 Å². The number of aromatic nitrogens is 1. The average Bonchev–Trinajstić information content (AvgIpc) is 3.46. The highest BCUT2D eigenvalue weighted by Gasteiger charge is 2.62. The Balaban J connectivity index is 1.11. The lowest BCUT2D eigenvalue weighted by Crippen LogP contribution is -2.66. The summed E-state index contributed by atoms with van der Waals surface area (Å²) in [5.74, 6) is -1.21. The van der Waals surface area contributed by atoms with Crippen LogP contribution in [0.2, 0.25) is 10.0 Å². The Morgan fingerprint density at radius 3 is 2.66 bits per heavy atom. The van der Waals surface area contributed by atoms with Crippen LogP contribution in [0.3, 0.4) is 0 Å². The molecule has 0 amide bonds. The van der Waals surface area contributed by atoms with Gasteiger partial charge in [-0.2, -0.15) is 0 Å². The Kier molecular flexibility index (Phi) is 10.8. The lowest BCUT2D eigenvalue weighted by atomic mass is 9.55. The molecule has 3 aliphatic heterocycles. The van der Waals surface area contributed by atoms with Crippen LogP contribution in [0.4, 0.5) is 5.69 Å². The van der Waals surface area contributed by atoms with Gasteiger partial charge in [0, 0.05) is 51.2 Å². The Morgan fingerprint density at radius 1 is 1.13 bits per heavy atom. The Morgan fingerprint density at radius 2 is 1.91 bits per heavy atom. The van der Waals surface area contributed by atoms with Crippen LogP contribution in [0.5, 0.6) is 5.88 Å². The number of pyridine rings is 1. The van der Waals surface area contributed by atoms with Crippen LogP contribution in [-0.4, -0.2) is 94.9 Å². The molecule has 2 unspecified atom stereocenters. The van der Waals surface area contributed by atoms with Gasteiger partial charge < -0.3 is 24.4 Å². The lowest BCUT2D eigenvalue weighted by molar-refractivity contribution is -0.225. The van der Waals surface area contributed by atoms with Crippen molar-refractivity contribution in [3.63, 3.8) is 0 Å². The Hall–Kier alpha value is -2.97. The molecule has 0 radical (unpaired) electrons. The molecule has 0 bridgehead atoms. The van der Waals surface area contributed by atoms with Crippen molar-refractivity contribution in [2.24, 2.45) is 23.7 Å². The third kappa shape index (κ3) is 7.05. The number of rotatable bonds is 8. The molecule has 3 N–H and O–H groups in total. The number of esters is 2. The molecule has 7 rings (SSSR count). The standard InChI is InChI=1S/C39H50Cl2N4O8/c1-21-17-28-26(22(2)19-45-16-8-9-25(20-45)51-35-30(41)12-7-15-42-35)14-13-23(3)39(28,49)34(33(21)50-24(4)46)52-36(47)31-18-38(48)27-10-6-11-29(40)32(27)44(5)53-37(38)43-31/h6-7,10-12,15,17,22-23,25-26,28,31,33-34,37,43,48-49H,8-9,13-14,16,18-20H2,1-5H3/t22?,23-,25?,26+,28-,31+,33-,34+,37-,38-,39-/m1/s1. The summed E-state index contributed by atoms with van der Waals surface area (Å²) in [6, 6.07) is 7.79. The number of piperidine rings is 1. The third-order valence-electron chi connectivity index (χ3n) is 12.2. The van der Waals surface area contributed by atoms with Gasteiger partial charge in [-0.15, -0.1) is 0 Å². The van der Waals surface area contributed by atoms with Gasteiger partial charge in [-0.05, 0) is 80.7 Å². The summed E-state index contributed by atoms with van der Waals surface area (Å²) >= 11 is 12.8. The van der Waals surface area contributed by atoms with Gasteiger partial charge in [0.1, 0.15) is 28.4 Å². The van der Waals surface area contributed by atoms with Gasteiger partial charge in [0.05, 0.1) is 10.7 Å². The fourth-order valence-corrected chi connectivity index (χ4v) is 10.1. The van der Waals surface area contributed by atoms with Crippen LogP contribution in [0, 0.1) is 23.7 Å². The number of nitrogens with one attached hydrogen (secondary N) is 1. The van der Waals surface area contributed by atoms with E-state index in [9.17, 15) is 19.8 Å². The van der Waals surface area contributed by atoms with Crippen molar-refractivity contribution in [3.05, 3.63) is 63.8 Å². The topological polar surface area (TPSA) is 143 Å². The van der Waals surface area contributed by atoms with Crippen LogP contribution >= 0.6 is 23.2 Å². The van der Waals surface area contributed by atoms with Gasteiger partial charge in [-0.1, -0.05) is 55.3 Å². The number of aliphatic hydroxyl groups is 2. The van der Waals surface area contributed by atoms with Crippen molar-refractivity contribution in [3.8, 4) is 5.88 Å². The second-order valence-corrected chi connectivity index (χ2v) is 16.5. The molecule has 53 heavy (non-hydrogen) atoms. The van der Waals surface area contributed by atoms with Crippen molar-refractivity contribution in [1.29, 1.82) is 0 Å². The number of hydrogen-bond donors (Lipinski definition) is 3. The number of fused-ring (bicyclic) bond motifs is 4. The molecular formula is C39H50Cl2N4O8. The summed E-state index contributed by atoms with van der Waals surface area (Å²) in [5.41, 5.74) is -1.34. The van der Waals surface area contributed by atoms with E-state index in [1.807, 2.05) is 19.9 Å². The highest BCUT2D eigenvalue weighted by molar-refractivity contribution is 6.33. The van der Waals surface area contributed by atoms with E-state index in [0.717, 1.165) is 44.5 Å². The molecule has 0 spiro atoms. The molecule has 4 heterocycles. The molecule has 1 saturated carbocycles. The monoisotopic (exact) mass is 772 g/mol. The van der Waals surface area contributed by atoms with E-state index in [0.29, 0.717) is 33.6 Å². The number of carbonyl (C=O) groups is 2. The summed E-state index contributed by atoms with van der Waals surface area (Å²) < 4.78 is 18.4. The molecule has 1 aromatic carbocycles. The second kappa shape index (κ2) is 14.9. The number of halogens is 2. The van der Waals surface area contributed by atoms with E-state index >= 15 is 0 Å². The summed E-state index contributed by atoms with van der Waals surface area (Å²) in [6.45, 7) is 9.81. The number of likely N-dealkylation sites (tertiary alicyclic amines) is 1. The highest BCUT2D eigenvalue weighted by atomic mass is 35.5. The molecule has 5 aliphatic rings. The molecule has 2 saturated heterocycles. The zero-order valence-electron chi connectivity index (χ0n) is 30.8. The summed E-state index contributed by atoms with van der Waals surface area (Å²) in [7, 11) is 1.69. The summed E-state index contributed by atoms with van der Waals surface area (Å²) in [4.78, 5) is 39.3. The minimum absolute atomic E-state index is 0.0425. The van der Waals surface area contributed by atoms with Crippen molar-refractivity contribution in [2.75, 3.05) is 31.7 Å². The first-order chi connectivity index (χ1) is 25.2. The molecule has 2 aliphatic carbocycles. The Bertz CT molecular complexity index is 1750. The number of carbonyl (C=O) groups excluding carboxylic acids is 2. The van der Waals surface area contributed by atoms with Gasteiger partial charge in [0.2, 0.25) is 5.88 Å². The number of ether oxygens (including phenoxy) is 3. The smallest absolute Gasteiger partial charge is 0.323 e. The molecule has 288 valence electrons. The molecular weight excluding hydrogens is 723 g/mol. The molecule has 11 atom stereocenters. The molecule has 3 fully saturated rings. The van der Waals surface area contributed by atoms with Crippen LogP contribution in [-0.2, 0) is 29.5 Å². The number of para-hydroxylation sites is 1. The van der Waals surface area contributed by atoms with Crippen LogP contribution in [0.1, 0.15) is 65.4 Å². The molecule has 2 aromatic rings. The minimum Gasteiger partial charge on any atom is -0.472 e. The second-order valence-electron chi connectivity index (χ2n) is 15.7. The summed E-state index contributed by atoms with van der Waals surface area (Å²) in [6.07, 6.45) is 3.95. The number of hydrogen-bond acceptors (Lipinski definition) is 12. The molecule has 14 heteroatoms. The zero-order valence-corrected chi connectivity index (χ0v) is 32.3. The first-order valence-corrected chi connectivity index (χ1v) is 19.4. The van der Waals surface area contributed by atoms with Crippen LogP contribution in [0.15, 0.2) is 48.2 Å². The number of nitrogens with zero attached hydrogens (tertiary/aromatic N) is 3. The van der Waals surface area contributed by atoms with Crippen molar-refractivity contribution >= 4 is 40.8 Å². The fraction of sp³-hybridized carbons (Fsp3) is 0.615. The van der Waals surface area contributed by atoms with Crippen molar-refractivity contribution in [2.45, 2.75) is 102 Å². The van der Waals surface area contributed by atoms with E-state index in [-0.39, 0.29) is 36.2 Å². The number of anilines is 1. The zero-order chi connectivity index (χ0) is 37.8. The van der Waals surface area contributed by atoms with E-state index in [1.165, 1.54) is 12.0 Å². The highest BCUT2D eigenvalue weighted by Crippen LogP contribution is 2.53. The predicted molar refractivity (Wildman–Crippen MR) is 198 cm³/mol. The van der Waals surface area contributed by atoms with Crippen molar-refractivity contribution < 1.29 is 38.9 Å². The van der Waals surface area contributed by atoms with E-state index < -0.39 is 47.6 Å². The maximum Gasteiger partial charge on any atom is 0.323 e. The van der Waals surface area contributed by atoms with Gasteiger partial charge in [0.25, 0.3) is 0 Å². The van der Waals surface area contributed by atoms with E-state index in [4.69, 9.17) is 42.3 Å². The van der Waals surface area contributed by atoms with Crippen molar-refractivity contribution in [1.82, 2.24) is 15.2 Å². The lowest BCUT2D eigenvalue weighted by Gasteiger charge is -2.56. The molecule has 12 nitrogen and oxygen atoms in total. The van der Waals surface area contributed by atoms with Crippen LogP contribution in [0.25, 0.3) is 0 Å². The number of hydroxylamine groups is 1. The molecule has 1 aromatic heterocycles. The first-order valence-electron chi connectivity index (χ1n) is 18.7. The van der Waals surface area contributed by atoms with E-state index in [1.54, 1.807) is 43.6 Å². The van der Waals surface area contributed by atoms with E-state index in [2.05, 4.69) is 22.1 Å². The fourth-order valence-electron chi connectivity index (χ4n) is 9.59. The maximum absolute atomic E-state index is 14.2. The van der Waals surface area contributed by atoms with Crippen LogP contribution < -0.4 is 15.1 Å². The van der Waals surface area contributed by atoms with Gasteiger partial charge >= 0.3 is 11.9 Å². The van der Waals surface area contributed by atoms with Gasteiger partial charge in [-0.25, -0.2) is 4.98 Å². The first kappa shape index (κ1) is 38.3. The minimum atomic E-state index is -1.57. The predicted octanol–water partition coefficient (Wildman–Crippen LogP) is 5.02. The average molecular weight is 774 g/mol. The van der Waals surface area contributed by atoms with Gasteiger partial charge in [-0.3, -0.25) is 29.7 Å². The quantitative estimate of drug-likeness (QED) is 0.245. The Labute approximate surface area is 320 Å². The SMILES string of the molecule is CC(=O)O[C@@H]1C(C)=C[C@@H]2[C@H](C(C)CN3CCCC(Oc4ncccc4Cl)C3)CC[C@@H](C)[C@]2(O)[C@H]1OC(=O)[C@@H]1C[C@@]2(O)c3cccc(Cl)c3N(C)O[C@H]2N1. The normalized spacial score (nSPS) is 36.0. The largest absolute Gasteiger partial charge is 0.472 e. The summed E-state index contributed by atoms with van der Waals surface area (Å²) in [5, 5.41) is 30.4. The number of benzene rings is 1. The third-order valence-corrected chi connectivity index (χ3v) is 12.8. The maximum atomic E-state index is 14.2.